The van der Waals surface area contributed by atoms with Crippen LogP contribution < -0.4 is 15.6 Å². The summed E-state index contributed by atoms with van der Waals surface area (Å²) < 4.78 is 6.62. The van der Waals surface area contributed by atoms with E-state index >= 15 is 0 Å². The Hall–Kier alpha value is -2.93. The standard InChI is InChI=1S/C17H15N3O3S/c1-23-14-5-2-12(3-6-14)10-20-11-13(4-7-15(20)21)16(22)19-17-18-8-9-24-17/h2-9,11H,10H2,1H3,(H,18,19,22). The fourth-order valence-corrected chi connectivity index (χ4v) is 2.70. The molecule has 0 saturated heterocycles. The number of benzene rings is 1. The summed E-state index contributed by atoms with van der Waals surface area (Å²) in [5, 5.41) is 5.00. The van der Waals surface area contributed by atoms with Gasteiger partial charge in [0.1, 0.15) is 5.75 Å². The molecule has 0 unspecified atom stereocenters. The number of ether oxygens (including phenoxy) is 1. The van der Waals surface area contributed by atoms with Crippen LogP contribution in [0, 0.1) is 0 Å². The number of carbonyl (C=O) groups excluding carboxylic acids is 1. The van der Waals surface area contributed by atoms with E-state index in [0.717, 1.165) is 11.3 Å². The Labute approximate surface area is 142 Å². The third kappa shape index (κ3) is 3.69. The van der Waals surface area contributed by atoms with E-state index in [2.05, 4.69) is 10.3 Å². The SMILES string of the molecule is COc1ccc(Cn2cc(C(=O)Nc3nccs3)ccc2=O)cc1. The number of nitrogens with zero attached hydrogens (tertiary/aromatic N) is 2. The van der Waals surface area contributed by atoms with Gasteiger partial charge in [-0.1, -0.05) is 12.1 Å². The molecule has 7 heteroatoms. The summed E-state index contributed by atoms with van der Waals surface area (Å²) in [4.78, 5) is 28.3. The van der Waals surface area contributed by atoms with Crippen LogP contribution in [0.5, 0.6) is 5.75 Å². The predicted molar refractivity (Wildman–Crippen MR) is 92.9 cm³/mol. The molecule has 1 amide bonds. The number of thiazole rings is 1. The van der Waals surface area contributed by atoms with Crippen molar-refractivity contribution in [2.75, 3.05) is 12.4 Å². The van der Waals surface area contributed by atoms with Gasteiger partial charge in [0.05, 0.1) is 19.2 Å². The molecule has 0 aliphatic carbocycles. The molecule has 0 aliphatic rings. The number of carbonyl (C=O) groups is 1. The van der Waals surface area contributed by atoms with Gasteiger partial charge in [-0.3, -0.25) is 14.9 Å². The molecule has 2 aromatic heterocycles. The van der Waals surface area contributed by atoms with Crippen molar-refractivity contribution >= 4 is 22.4 Å². The van der Waals surface area contributed by atoms with Crippen molar-refractivity contribution in [2.45, 2.75) is 6.54 Å². The normalized spacial score (nSPS) is 10.4. The van der Waals surface area contributed by atoms with Crippen LogP contribution in [0.25, 0.3) is 0 Å². The molecule has 6 nitrogen and oxygen atoms in total. The average molecular weight is 341 g/mol. The van der Waals surface area contributed by atoms with Crippen LogP contribution in [0.2, 0.25) is 0 Å². The lowest BCUT2D eigenvalue weighted by Gasteiger charge is -2.09. The van der Waals surface area contributed by atoms with E-state index in [1.807, 2.05) is 24.3 Å². The van der Waals surface area contributed by atoms with E-state index in [1.54, 1.807) is 24.9 Å². The van der Waals surface area contributed by atoms with Gasteiger partial charge in [-0.15, -0.1) is 11.3 Å². The number of amides is 1. The van der Waals surface area contributed by atoms with E-state index in [4.69, 9.17) is 4.74 Å². The second-order valence-corrected chi connectivity index (χ2v) is 5.92. The van der Waals surface area contributed by atoms with Crippen LogP contribution in [-0.4, -0.2) is 22.6 Å². The molecule has 122 valence electrons. The summed E-state index contributed by atoms with van der Waals surface area (Å²) in [6, 6.07) is 10.3. The quantitative estimate of drug-likeness (QED) is 0.774. The zero-order chi connectivity index (χ0) is 16.9. The molecule has 24 heavy (non-hydrogen) atoms. The van der Waals surface area contributed by atoms with Crippen LogP contribution in [0.4, 0.5) is 5.13 Å². The molecule has 1 aromatic carbocycles. The Balaban J connectivity index is 1.80. The Morgan fingerprint density at radius 3 is 2.71 bits per heavy atom. The first kappa shape index (κ1) is 15.9. The van der Waals surface area contributed by atoms with Crippen molar-refractivity contribution in [1.82, 2.24) is 9.55 Å². The maximum absolute atomic E-state index is 12.2. The van der Waals surface area contributed by atoms with Gasteiger partial charge in [0, 0.05) is 23.8 Å². The summed E-state index contributed by atoms with van der Waals surface area (Å²) in [5.41, 5.74) is 1.17. The van der Waals surface area contributed by atoms with E-state index in [1.165, 1.54) is 28.0 Å². The van der Waals surface area contributed by atoms with Crippen LogP contribution in [0.1, 0.15) is 15.9 Å². The molecular weight excluding hydrogens is 326 g/mol. The second-order valence-electron chi connectivity index (χ2n) is 5.02. The summed E-state index contributed by atoms with van der Waals surface area (Å²) >= 11 is 1.34. The summed E-state index contributed by atoms with van der Waals surface area (Å²) in [6.45, 7) is 0.376. The van der Waals surface area contributed by atoms with E-state index in [9.17, 15) is 9.59 Å². The van der Waals surface area contributed by atoms with Gasteiger partial charge in [-0.2, -0.15) is 0 Å². The van der Waals surface area contributed by atoms with Gasteiger partial charge in [0.25, 0.3) is 11.5 Å². The highest BCUT2D eigenvalue weighted by atomic mass is 32.1. The number of nitrogens with one attached hydrogen (secondary N) is 1. The van der Waals surface area contributed by atoms with Crippen LogP contribution in [0.15, 0.2) is 59.0 Å². The first-order chi connectivity index (χ1) is 11.7. The van der Waals surface area contributed by atoms with Crippen LogP contribution in [-0.2, 0) is 6.54 Å². The summed E-state index contributed by atoms with van der Waals surface area (Å²) in [6.07, 6.45) is 3.17. The number of anilines is 1. The van der Waals surface area contributed by atoms with Crippen molar-refractivity contribution in [2.24, 2.45) is 0 Å². The fraction of sp³-hybridized carbons (Fsp3) is 0.118. The first-order valence-corrected chi connectivity index (χ1v) is 8.08. The smallest absolute Gasteiger partial charge is 0.258 e. The third-order valence-electron chi connectivity index (χ3n) is 3.41. The van der Waals surface area contributed by atoms with E-state index < -0.39 is 0 Å². The molecule has 0 saturated carbocycles. The first-order valence-electron chi connectivity index (χ1n) is 7.20. The second kappa shape index (κ2) is 7.10. The van der Waals surface area contributed by atoms with Crippen molar-refractivity contribution in [3.05, 3.63) is 75.7 Å². The summed E-state index contributed by atoms with van der Waals surface area (Å²) in [5.74, 6) is 0.455. The van der Waals surface area contributed by atoms with E-state index in [-0.39, 0.29) is 11.5 Å². The van der Waals surface area contributed by atoms with Gasteiger partial charge < -0.3 is 9.30 Å². The number of rotatable bonds is 5. The number of hydrogen-bond donors (Lipinski definition) is 1. The maximum Gasteiger partial charge on any atom is 0.258 e. The highest BCUT2D eigenvalue weighted by molar-refractivity contribution is 7.13. The Bertz CT molecular complexity index is 886. The molecule has 0 fully saturated rings. The van der Waals surface area contributed by atoms with Crippen LogP contribution >= 0.6 is 11.3 Å². The molecule has 3 rings (SSSR count). The monoisotopic (exact) mass is 341 g/mol. The number of methoxy groups -OCH3 is 1. The van der Waals surface area contributed by atoms with Gasteiger partial charge in [-0.05, 0) is 23.8 Å². The van der Waals surface area contributed by atoms with Gasteiger partial charge in [0.15, 0.2) is 5.13 Å². The molecule has 0 bridgehead atoms. The Morgan fingerprint density at radius 2 is 2.04 bits per heavy atom. The maximum atomic E-state index is 12.2. The van der Waals surface area contributed by atoms with E-state index in [0.29, 0.717) is 17.2 Å². The number of pyridine rings is 1. The number of aromatic nitrogens is 2. The average Bonchev–Trinajstić information content (AvgIpc) is 3.10. The molecule has 2 heterocycles. The zero-order valence-corrected chi connectivity index (χ0v) is 13.7. The van der Waals surface area contributed by atoms with Gasteiger partial charge >= 0.3 is 0 Å². The van der Waals surface area contributed by atoms with Crippen molar-refractivity contribution < 1.29 is 9.53 Å². The highest BCUT2D eigenvalue weighted by Crippen LogP contribution is 2.13. The molecule has 0 radical (unpaired) electrons. The lowest BCUT2D eigenvalue weighted by Crippen LogP contribution is -2.22. The largest absolute Gasteiger partial charge is 0.497 e. The molecule has 0 aliphatic heterocycles. The zero-order valence-electron chi connectivity index (χ0n) is 12.9. The molecular formula is C17H15N3O3S. The van der Waals surface area contributed by atoms with Gasteiger partial charge in [-0.25, -0.2) is 4.98 Å². The topological polar surface area (TPSA) is 73.2 Å². The third-order valence-corrected chi connectivity index (χ3v) is 4.10. The molecule has 0 atom stereocenters. The molecule has 0 spiro atoms. The fourth-order valence-electron chi connectivity index (χ4n) is 2.17. The predicted octanol–water partition coefficient (Wildman–Crippen LogP) is 2.61. The van der Waals surface area contributed by atoms with Gasteiger partial charge in [0.2, 0.25) is 0 Å². The van der Waals surface area contributed by atoms with Crippen molar-refractivity contribution in [3.63, 3.8) is 0 Å². The van der Waals surface area contributed by atoms with Crippen molar-refractivity contribution in [1.29, 1.82) is 0 Å². The lowest BCUT2D eigenvalue weighted by molar-refractivity contribution is 0.102. The van der Waals surface area contributed by atoms with Crippen molar-refractivity contribution in [3.8, 4) is 5.75 Å². The minimum absolute atomic E-state index is 0.170. The number of hydrogen-bond acceptors (Lipinski definition) is 5. The Morgan fingerprint density at radius 1 is 1.25 bits per heavy atom. The Kier molecular flexibility index (Phi) is 4.72. The minimum atomic E-state index is -0.298. The molecule has 3 aromatic rings. The highest BCUT2D eigenvalue weighted by Gasteiger charge is 2.09. The molecule has 1 N–H and O–H groups in total. The summed E-state index contributed by atoms with van der Waals surface area (Å²) in [7, 11) is 1.60. The lowest BCUT2D eigenvalue weighted by atomic mass is 10.2. The minimum Gasteiger partial charge on any atom is -0.497 e. The van der Waals surface area contributed by atoms with Crippen LogP contribution in [0.3, 0.4) is 0 Å².